The molecule has 1 fully saturated rings. The van der Waals surface area contributed by atoms with E-state index >= 15 is 0 Å². The minimum Gasteiger partial charge on any atom is -0.544 e. The maximum Gasteiger partial charge on any atom is 0.119 e. The quantitative estimate of drug-likeness (QED) is 0.619. The zero-order valence-corrected chi connectivity index (χ0v) is 15.0. The van der Waals surface area contributed by atoms with Gasteiger partial charge in [0.15, 0.2) is 0 Å². The first kappa shape index (κ1) is 17.2. The monoisotopic (exact) mass is 359 g/mol. The fraction of sp³-hybridized carbons (Fsp3) is 0.273. The van der Waals surface area contributed by atoms with Crippen LogP contribution in [0, 0.1) is 11.3 Å². The van der Waals surface area contributed by atoms with Crippen LogP contribution in [0.1, 0.15) is 36.3 Å². The maximum atomic E-state index is 11.0. The highest BCUT2D eigenvalue weighted by Gasteiger charge is 2.42. The fourth-order valence-corrected chi connectivity index (χ4v) is 4.35. The summed E-state index contributed by atoms with van der Waals surface area (Å²) in [6.07, 6.45) is 4.79. The molecule has 0 spiro atoms. The summed E-state index contributed by atoms with van der Waals surface area (Å²) in [5, 5.41) is 20.0. The minimum absolute atomic E-state index is 0.358. The molecule has 0 N–H and O–H groups in total. The van der Waals surface area contributed by atoms with Gasteiger partial charge < -0.3 is 19.5 Å². The molecule has 5 heteroatoms. The number of carbonyl (C=O) groups is 1. The third-order valence-electron chi connectivity index (χ3n) is 5.52. The highest BCUT2D eigenvalue weighted by Crippen LogP contribution is 2.52. The van der Waals surface area contributed by atoms with E-state index in [-0.39, 0.29) is 5.57 Å². The number of ether oxygens (including phenoxy) is 1. The number of carboxylic acid groups (broad SMARTS) is 1. The number of benzene rings is 2. The molecule has 2 unspecified atom stereocenters. The van der Waals surface area contributed by atoms with Crippen LogP contribution in [-0.4, -0.2) is 19.1 Å². The Bertz CT molecular complexity index is 957. The number of aliphatic carboxylic acids is 1. The van der Waals surface area contributed by atoms with Crippen LogP contribution in [0.2, 0.25) is 0 Å². The van der Waals surface area contributed by atoms with E-state index < -0.39 is 5.97 Å². The van der Waals surface area contributed by atoms with Gasteiger partial charge in [-0.15, -0.1) is 0 Å². The Hall–Kier alpha value is -3.26. The number of carbonyl (C=O) groups excluding carboxylic acids is 1. The molecule has 2 aromatic carbocycles. The maximum absolute atomic E-state index is 11.0. The summed E-state index contributed by atoms with van der Waals surface area (Å²) in [4.78, 5) is 13.4. The fourth-order valence-electron chi connectivity index (χ4n) is 4.35. The van der Waals surface area contributed by atoms with Crippen molar-refractivity contribution in [2.24, 2.45) is 0 Å². The van der Waals surface area contributed by atoms with Crippen molar-refractivity contribution in [3.8, 4) is 11.8 Å². The van der Waals surface area contributed by atoms with E-state index in [1.165, 1.54) is 18.1 Å². The first-order valence-electron chi connectivity index (χ1n) is 9.02. The van der Waals surface area contributed by atoms with Crippen molar-refractivity contribution >= 4 is 23.4 Å². The van der Waals surface area contributed by atoms with Crippen LogP contribution in [-0.2, 0) is 4.79 Å². The van der Waals surface area contributed by atoms with Crippen LogP contribution < -0.4 is 14.7 Å². The Kier molecular flexibility index (Phi) is 4.33. The van der Waals surface area contributed by atoms with Gasteiger partial charge in [-0.05, 0) is 66.4 Å². The van der Waals surface area contributed by atoms with Crippen molar-refractivity contribution in [1.29, 1.82) is 5.26 Å². The van der Waals surface area contributed by atoms with Crippen molar-refractivity contribution in [1.82, 2.24) is 0 Å². The van der Waals surface area contributed by atoms with Crippen molar-refractivity contribution in [2.45, 2.75) is 31.2 Å². The Labute approximate surface area is 158 Å². The predicted octanol–water partition coefficient (Wildman–Crippen LogP) is 3.14. The molecule has 1 saturated carbocycles. The zero-order chi connectivity index (χ0) is 19.0. The Morgan fingerprint density at radius 2 is 2.04 bits per heavy atom. The number of rotatable bonds is 4. The van der Waals surface area contributed by atoms with E-state index in [4.69, 9.17) is 10.00 Å². The van der Waals surface area contributed by atoms with Gasteiger partial charge in [0.1, 0.15) is 11.8 Å². The molecule has 5 nitrogen and oxygen atoms in total. The predicted molar refractivity (Wildman–Crippen MR) is 101 cm³/mol. The molecule has 2 aromatic rings. The molecule has 2 aliphatic rings. The molecule has 136 valence electrons. The molecular weight excluding hydrogens is 340 g/mol. The smallest absolute Gasteiger partial charge is 0.119 e. The number of anilines is 2. The molecule has 2 atom stereocenters. The summed E-state index contributed by atoms with van der Waals surface area (Å²) in [5.74, 6) is -0.200. The third kappa shape index (κ3) is 2.93. The van der Waals surface area contributed by atoms with Crippen molar-refractivity contribution in [3.63, 3.8) is 0 Å². The lowest BCUT2D eigenvalue weighted by molar-refractivity contribution is -0.298. The molecular formula is C22H19N2O3-. The summed E-state index contributed by atoms with van der Waals surface area (Å²) in [7, 11) is 1.66. The number of carboxylic acids is 1. The van der Waals surface area contributed by atoms with E-state index in [0.717, 1.165) is 35.5 Å². The van der Waals surface area contributed by atoms with Gasteiger partial charge in [-0.2, -0.15) is 5.26 Å². The van der Waals surface area contributed by atoms with Crippen molar-refractivity contribution in [3.05, 3.63) is 59.2 Å². The van der Waals surface area contributed by atoms with Crippen LogP contribution in [0.5, 0.6) is 5.75 Å². The summed E-state index contributed by atoms with van der Waals surface area (Å²) < 4.78 is 5.27. The number of methoxy groups -OCH3 is 1. The SMILES string of the molecule is COc1ccc(N2c3ccc(/C=C(/C#N)C(=O)[O-])cc3C3CCCC32)cc1. The lowest BCUT2D eigenvalue weighted by Crippen LogP contribution is -2.26. The number of nitrogens with zero attached hydrogens (tertiary/aromatic N) is 2. The van der Waals surface area contributed by atoms with Gasteiger partial charge in [-0.1, -0.05) is 12.5 Å². The van der Waals surface area contributed by atoms with Gasteiger partial charge in [0.2, 0.25) is 0 Å². The van der Waals surface area contributed by atoms with Gasteiger partial charge >= 0.3 is 0 Å². The Morgan fingerprint density at radius 1 is 1.26 bits per heavy atom. The topological polar surface area (TPSA) is 76.4 Å². The first-order valence-corrected chi connectivity index (χ1v) is 9.02. The second-order valence-electron chi connectivity index (χ2n) is 6.95. The van der Waals surface area contributed by atoms with Crippen LogP contribution in [0.15, 0.2) is 48.0 Å². The third-order valence-corrected chi connectivity index (χ3v) is 5.52. The second-order valence-corrected chi connectivity index (χ2v) is 6.95. The van der Waals surface area contributed by atoms with E-state index in [0.29, 0.717) is 12.0 Å². The molecule has 0 aromatic heterocycles. The largest absolute Gasteiger partial charge is 0.544 e. The summed E-state index contributed by atoms with van der Waals surface area (Å²) in [5.41, 5.74) is 3.86. The number of hydrogen-bond acceptors (Lipinski definition) is 5. The average molecular weight is 359 g/mol. The lowest BCUT2D eigenvalue weighted by atomic mass is 9.95. The number of fused-ring (bicyclic) bond motifs is 3. The van der Waals surface area contributed by atoms with Gasteiger partial charge in [0.05, 0.1) is 18.7 Å². The standard InChI is InChI=1S/C22H20N2O3/c1-27-17-8-6-16(7-9-17)24-20-4-2-3-18(20)19-12-14(5-10-21(19)24)11-15(13-23)22(25)26/h5-12,18,20H,2-4H2,1H3,(H,25,26)/p-1/b15-11-. The van der Waals surface area contributed by atoms with Gasteiger partial charge in [-0.25, -0.2) is 0 Å². The molecule has 0 bridgehead atoms. The van der Waals surface area contributed by atoms with Gasteiger partial charge in [0, 0.05) is 23.3 Å². The zero-order valence-electron chi connectivity index (χ0n) is 15.0. The van der Waals surface area contributed by atoms with Crippen LogP contribution in [0.3, 0.4) is 0 Å². The van der Waals surface area contributed by atoms with E-state index in [2.05, 4.69) is 17.0 Å². The molecule has 4 rings (SSSR count). The molecule has 0 saturated heterocycles. The van der Waals surface area contributed by atoms with Crippen LogP contribution in [0.4, 0.5) is 11.4 Å². The Balaban J connectivity index is 1.76. The molecule has 1 heterocycles. The summed E-state index contributed by atoms with van der Waals surface area (Å²) in [6, 6.07) is 16.1. The summed E-state index contributed by atoms with van der Waals surface area (Å²) >= 11 is 0. The van der Waals surface area contributed by atoms with E-state index in [9.17, 15) is 9.90 Å². The van der Waals surface area contributed by atoms with Crippen LogP contribution in [0.25, 0.3) is 6.08 Å². The molecule has 1 aliphatic heterocycles. The van der Waals surface area contributed by atoms with Crippen LogP contribution >= 0.6 is 0 Å². The summed E-state index contributed by atoms with van der Waals surface area (Å²) in [6.45, 7) is 0. The molecule has 0 amide bonds. The molecule has 27 heavy (non-hydrogen) atoms. The number of nitriles is 1. The minimum atomic E-state index is -1.45. The second kappa shape index (κ2) is 6.81. The van der Waals surface area contributed by atoms with Gasteiger partial charge in [0.25, 0.3) is 0 Å². The first-order chi connectivity index (χ1) is 13.1. The van der Waals surface area contributed by atoms with E-state index in [1.807, 2.05) is 30.3 Å². The highest BCUT2D eigenvalue weighted by molar-refractivity contribution is 5.95. The highest BCUT2D eigenvalue weighted by atomic mass is 16.5. The van der Waals surface area contributed by atoms with E-state index in [1.54, 1.807) is 13.2 Å². The molecule has 0 radical (unpaired) electrons. The number of hydrogen-bond donors (Lipinski definition) is 0. The lowest BCUT2D eigenvalue weighted by Gasteiger charge is -2.27. The molecule has 1 aliphatic carbocycles. The average Bonchev–Trinajstić information content (AvgIpc) is 3.26. The van der Waals surface area contributed by atoms with Crippen molar-refractivity contribution < 1.29 is 14.6 Å². The van der Waals surface area contributed by atoms with Gasteiger partial charge in [-0.3, -0.25) is 0 Å². The van der Waals surface area contributed by atoms with Crippen molar-refractivity contribution in [2.75, 3.05) is 12.0 Å². The normalized spacial score (nSPS) is 20.7. The Morgan fingerprint density at radius 3 is 2.70 bits per heavy atom.